The van der Waals surface area contributed by atoms with Crippen molar-refractivity contribution in [3.63, 3.8) is 0 Å². The number of nitrogen functional groups attached to an aromatic ring is 1. The van der Waals surface area contributed by atoms with Gasteiger partial charge in [0.1, 0.15) is 35.8 Å². The fraction of sp³-hybridized carbons (Fsp3) is 0.519. The first-order valence-corrected chi connectivity index (χ1v) is 15.7. The first-order chi connectivity index (χ1) is 20.7. The average molecular weight is 617 g/mol. The van der Waals surface area contributed by atoms with Crippen LogP contribution in [0.4, 0.5) is 10.6 Å². The van der Waals surface area contributed by atoms with Crippen molar-refractivity contribution in [1.82, 2.24) is 24.6 Å². The Balaban J connectivity index is 1.22. The fourth-order valence-corrected chi connectivity index (χ4v) is 7.24. The van der Waals surface area contributed by atoms with E-state index in [1.807, 2.05) is 0 Å². The van der Waals surface area contributed by atoms with Gasteiger partial charge in [-0.05, 0) is 51.7 Å². The summed E-state index contributed by atoms with van der Waals surface area (Å²) in [5, 5.41) is 2.72. The Bertz CT molecular complexity index is 1520. The van der Waals surface area contributed by atoms with Crippen LogP contribution in [0, 0.1) is 0 Å². The molecule has 43 heavy (non-hydrogen) atoms. The van der Waals surface area contributed by atoms with E-state index in [0.717, 1.165) is 32.1 Å². The van der Waals surface area contributed by atoms with E-state index in [1.165, 1.54) is 19.6 Å². The second-order valence-electron chi connectivity index (χ2n) is 10.7. The largest absolute Gasteiger partial charge is 0.509 e. The van der Waals surface area contributed by atoms with Crippen molar-refractivity contribution in [1.29, 1.82) is 0 Å². The number of anilines is 1. The lowest BCUT2D eigenvalue weighted by Gasteiger charge is -2.29. The summed E-state index contributed by atoms with van der Waals surface area (Å²) in [7, 11) is -4.26. The van der Waals surface area contributed by atoms with E-state index in [1.54, 1.807) is 41.8 Å². The molecule has 0 spiro atoms. The Kier molecular flexibility index (Phi) is 8.23. The molecule has 3 aromatic rings. The lowest BCUT2D eigenvalue weighted by molar-refractivity contribution is -0.152. The second kappa shape index (κ2) is 12.1. The van der Waals surface area contributed by atoms with Crippen LogP contribution < -0.4 is 15.3 Å². The zero-order chi connectivity index (χ0) is 30.1. The first-order valence-electron chi connectivity index (χ1n) is 14.2. The molecule has 0 amide bonds. The van der Waals surface area contributed by atoms with Crippen molar-refractivity contribution in [3.8, 4) is 5.75 Å². The van der Waals surface area contributed by atoms with Crippen LogP contribution >= 0.6 is 7.75 Å². The van der Waals surface area contributed by atoms with Crippen LogP contribution in [0.5, 0.6) is 5.75 Å². The Morgan fingerprint density at radius 2 is 1.84 bits per heavy atom. The Morgan fingerprint density at radius 1 is 1.09 bits per heavy atom. The highest BCUT2D eigenvalue weighted by atomic mass is 31.2. The first kappa shape index (κ1) is 29.3. The number of ether oxygens (including phenoxy) is 4. The number of nitrogens with two attached hydrogens (primary N) is 1. The van der Waals surface area contributed by atoms with Crippen LogP contribution in [-0.2, 0) is 32.8 Å². The average Bonchev–Trinajstić information content (AvgIpc) is 3.67. The Morgan fingerprint density at radius 3 is 2.60 bits per heavy atom. The zero-order valence-corrected chi connectivity index (χ0v) is 24.5. The van der Waals surface area contributed by atoms with E-state index in [4.69, 9.17) is 33.7 Å². The smallest absolute Gasteiger partial charge is 0.461 e. The topological polar surface area (TPSA) is 188 Å². The minimum absolute atomic E-state index is 0.174. The van der Waals surface area contributed by atoms with Gasteiger partial charge in [-0.15, -0.1) is 0 Å². The molecule has 5 unspecified atom stereocenters. The van der Waals surface area contributed by atoms with Gasteiger partial charge in [0.2, 0.25) is 0 Å². The number of esters is 1. The number of carbonyl (C=O) groups excluding carboxylic acids is 2. The molecule has 1 saturated carbocycles. The molecule has 4 heterocycles. The summed E-state index contributed by atoms with van der Waals surface area (Å²) in [4.78, 5) is 37.6. The molecule has 1 aliphatic carbocycles. The maximum atomic E-state index is 14.2. The van der Waals surface area contributed by atoms with Gasteiger partial charge < -0.3 is 29.2 Å². The number of para-hydroxylation sites is 1. The highest BCUT2D eigenvalue weighted by Gasteiger charge is 2.58. The Labute approximate surface area is 246 Å². The SMILES string of the molecule is CC(NP(=O)(Oc1ccccc1)OC(C)[C@H]1O[C@@H](n2cnc3c(N)ncnc32)C2OC(=O)OC21)C(=O)OC1CCCCC1. The third-order valence-corrected chi connectivity index (χ3v) is 9.39. The van der Waals surface area contributed by atoms with Crippen LogP contribution in [0.15, 0.2) is 43.0 Å². The molecule has 3 fully saturated rings. The lowest BCUT2D eigenvalue weighted by atomic mass is 9.98. The third-order valence-electron chi connectivity index (χ3n) is 7.63. The molecular weight excluding hydrogens is 583 g/mol. The summed E-state index contributed by atoms with van der Waals surface area (Å²) in [6.45, 7) is 3.12. The molecule has 3 aliphatic rings. The number of fused-ring (bicyclic) bond motifs is 2. The van der Waals surface area contributed by atoms with Gasteiger partial charge in [-0.1, -0.05) is 24.6 Å². The molecule has 2 aliphatic heterocycles. The molecule has 2 aromatic heterocycles. The van der Waals surface area contributed by atoms with Crippen molar-refractivity contribution in [3.05, 3.63) is 43.0 Å². The molecule has 7 atom stereocenters. The van der Waals surface area contributed by atoms with Crippen LogP contribution in [0.25, 0.3) is 11.2 Å². The monoisotopic (exact) mass is 616 g/mol. The highest BCUT2D eigenvalue weighted by molar-refractivity contribution is 7.52. The van der Waals surface area contributed by atoms with E-state index < -0.39 is 56.6 Å². The number of carbonyl (C=O) groups is 2. The third kappa shape index (κ3) is 6.16. The summed E-state index contributed by atoms with van der Waals surface area (Å²) in [5.74, 6) is -0.143. The fourth-order valence-electron chi connectivity index (χ4n) is 5.55. The molecule has 230 valence electrons. The molecule has 2 saturated heterocycles. The number of hydrogen-bond donors (Lipinski definition) is 2. The minimum Gasteiger partial charge on any atom is -0.461 e. The van der Waals surface area contributed by atoms with E-state index >= 15 is 0 Å². The van der Waals surface area contributed by atoms with Gasteiger partial charge >= 0.3 is 19.9 Å². The number of imidazole rings is 1. The summed E-state index contributed by atoms with van der Waals surface area (Å²) in [5.41, 5.74) is 6.64. The summed E-state index contributed by atoms with van der Waals surface area (Å²) in [6, 6.07) is 7.38. The normalized spacial score (nSPS) is 26.6. The van der Waals surface area contributed by atoms with Crippen molar-refractivity contribution in [2.24, 2.45) is 0 Å². The lowest BCUT2D eigenvalue weighted by Crippen LogP contribution is -2.41. The summed E-state index contributed by atoms with van der Waals surface area (Å²) in [6.07, 6.45) is 1.63. The van der Waals surface area contributed by atoms with Gasteiger partial charge in [-0.25, -0.2) is 24.3 Å². The predicted molar refractivity (Wildman–Crippen MR) is 150 cm³/mol. The van der Waals surface area contributed by atoms with Crippen molar-refractivity contribution in [2.75, 3.05) is 5.73 Å². The quantitative estimate of drug-likeness (QED) is 0.248. The van der Waals surface area contributed by atoms with Crippen LogP contribution in [-0.4, -0.2) is 68.2 Å². The number of nitrogens with zero attached hydrogens (tertiary/aromatic N) is 4. The second-order valence-corrected chi connectivity index (χ2v) is 12.4. The molecule has 6 rings (SSSR count). The van der Waals surface area contributed by atoms with Crippen molar-refractivity contribution in [2.45, 2.75) is 88.7 Å². The molecule has 0 bridgehead atoms. The highest BCUT2D eigenvalue weighted by Crippen LogP contribution is 2.49. The molecule has 0 radical (unpaired) electrons. The summed E-state index contributed by atoms with van der Waals surface area (Å²) < 4.78 is 50.4. The van der Waals surface area contributed by atoms with Crippen molar-refractivity contribution >= 4 is 36.9 Å². The molecule has 16 heteroatoms. The van der Waals surface area contributed by atoms with Crippen LogP contribution in [0.2, 0.25) is 0 Å². The maximum Gasteiger partial charge on any atom is 0.509 e. The van der Waals surface area contributed by atoms with Gasteiger partial charge in [-0.2, -0.15) is 5.09 Å². The number of nitrogens with one attached hydrogen (secondary N) is 1. The van der Waals surface area contributed by atoms with Gasteiger partial charge in [0.25, 0.3) is 0 Å². The van der Waals surface area contributed by atoms with Gasteiger partial charge in [0, 0.05) is 0 Å². The van der Waals surface area contributed by atoms with Gasteiger partial charge in [0.15, 0.2) is 29.9 Å². The van der Waals surface area contributed by atoms with E-state index in [9.17, 15) is 14.2 Å². The molecule has 3 N–H and O–H groups in total. The molecule has 15 nitrogen and oxygen atoms in total. The van der Waals surface area contributed by atoms with Crippen molar-refractivity contribution < 1.29 is 42.1 Å². The maximum absolute atomic E-state index is 14.2. The Hall–Kier alpha value is -3.78. The van der Waals surface area contributed by atoms with E-state index in [-0.39, 0.29) is 17.7 Å². The molecule has 1 aromatic carbocycles. The predicted octanol–water partition coefficient (Wildman–Crippen LogP) is 3.66. The molecular formula is C27H33N6O9P. The standard InChI is InChI=1S/C27H33N6O9P/c1-15(26(34)37-17-9-5-3-6-10-17)32-43(36,42-18-11-7-4-8-12-18)41-16(2)20-21-22(40-27(35)39-21)25(38-20)33-14-31-19-23(28)29-13-30-24(19)33/h4,7-8,11-17,20-22,25H,3,5-6,9-10H2,1-2H3,(H,32,36)(H2,28,29,30)/t15?,16?,20-,21?,22?,25-,43?/m1/s1. The van der Waals surface area contributed by atoms with Gasteiger partial charge in [0.05, 0.1) is 12.4 Å². The number of aromatic nitrogens is 4. The van der Waals surface area contributed by atoms with Crippen LogP contribution in [0.1, 0.15) is 52.2 Å². The van der Waals surface area contributed by atoms with Gasteiger partial charge in [-0.3, -0.25) is 13.9 Å². The number of hydrogen-bond acceptors (Lipinski definition) is 13. The summed E-state index contributed by atoms with van der Waals surface area (Å²) >= 11 is 0. The minimum atomic E-state index is -4.26. The van der Waals surface area contributed by atoms with Crippen LogP contribution in [0.3, 0.4) is 0 Å². The zero-order valence-electron chi connectivity index (χ0n) is 23.6. The number of rotatable bonds is 10. The van der Waals surface area contributed by atoms with E-state index in [2.05, 4.69) is 20.0 Å². The van der Waals surface area contributed by atoms with E-state index in [0.29, 0.717) is 11.2 Å². The number of benzene rings is 1.